The molecule has 1 aliphatic carbocycles. The van der Waals surface area contributed by atoms with Crippen molar-refractivity contribution in [1.29, 1.82) is 5.26 Å². The van der Waals surface area contributed by atoms with Crippen LogP contribution in [-0.2, 0) is 16.1 Å². The number of ketones is 1. The Kier molecular flexibility index (Phi) is 6.49. The van der Waals surface area contributed by atoms with Crippen LogP contribution in [0.2, 0.25) is 5.02 Å². The molecule has 2 N–H and O–H groups in total. The molecule has 0 saturated heterocycles. The summed E-state index contributed by atoms with van der Waals surface area (Å²) in [6.45, 7) is -0.122. The number of carbonyl (C=O) groups is 1. The molecule has 1 aliphatic heterocycles. The van der Waals surface area contributed by atoms with Gasteiger partial charge in [-0.05, 0) is 29.7 Å². The molecule has 5 rings (SSSR count). The van der Waals surface area contributed by atoms with Crippen molar-refractivity contribution in [2.75, 3.05) is 0 Å². The lowest BCUT2D eigenvalue weighted by Crippen LogP contribution is -2.30. The molecular weight excluding hydrogens is 479 g/mol. The normalized spacial score (nSPS) is 19.4. The zero-order valence-corrected chi connectivity index (χ0v) is 20.0. The highest BCUT2D eigenvalue weighted by Gasteiger charge is 2.41. The molecule has 7 heteroatoms. The van der Waals surface area contributed by atoms with Crippen molar-refractivity contribution in [2.24, 2.45) is 5.73 Å². The first-order valence-electron chi connectivity index (χ1n) is 11.5. The molecule has 36 heavy (non-hydrogen) atoms. The fourth-order valence-corrected chi connectivity index (χ4v) is 5.07. The number of allylic oxidation sites excluding steroid dienone is 3. The van der Waals surface area contributed by atoms with Crippen LogP contribution in [0.15, 0.2) is 95.6 Å². The van der Waals surface area contributed by atoms with Crippen LogP contribution in [-0.4, -0.2) is 5.78 Å². The molecule has 2 atom stereocenters. The highest BCUT2D eigenvalue weighted by molar-refractivity contribution is 6.31. The second-order valence-electron chi connectivity index (χ2n) is 8.73. The molecule has 3 aromatic carbocycles. The van der Waals surface area contributed by atoms with Crippen molar-refractivity contribution in [3.8, 4) is 11.8 Å². The Morgan fingerprint density at radius 1 is 1.06 bits per heavy atom. The van der Waals surface area contributed by atoms with Crippen molar-refractivity contribution < 1.29 is 18.7 Å². The predicted octanol–water partition coefficient (Wildman–Crippen LogP) is 6.27. The number of para-hydroxylation sites is 1. The number of nitrogens with zero attached hydrogens (tertiary/aromatic N) is 1. The van der Waals surface area contributed by atoms with Crippen LogP contribution in [0.3, 0.4) is 0 Å². The molecule has 0 saturated carbocycles. The Morgan fingerprint density at radius 2 is 1.81 bits per heavy atom. The van der Waals surface area contributed by atoms with E-state index in [4.69, 9.17) is 26.8 Å². The van der Waals surface area contributed by atoms with Gasteiger partial charge in [-0.25, -0.2) is 4.39 Å². The molecule has 0 bridgehead atoms. The van der Waals surface area contributed by atoms with Crippen LogP contribution in [0.1, 0.15) is 41.4 Å². The summed E-state index contributed by atoms with van der Waals surface area (Å²) in [6, 6.07) is 23.4. The molecule has 0 fully saturated rings. The van der Waals surface area contributed by atoms with E-state index in [2.05, 4.69) is 6.07 Å². The molecular formula is C29H22ClFN2O3. The van der Waals surface area contributed by atoms with E-state index in [1.54, 1.807) is 30.3 Å². The highest BCUT2D eigenvalue weighted by Crippen LogP contribution is 2.48. The van der Waals surface area contributed by atoms with Crippen molar-refractivity contribution in [1.82, 2.24) is 0 Å². The molecule has 0 spiro atoms. The number of ether oxygens (including phenoxy) is 2. The SMILES string of the molecule is N#CC1=C(N)OC2=C(C(=O)C[C@@H](c3ccccc3)C2)[C@H]1c1ccccc1OCc1c(F)cccc1Cl. The Morgan fingerprint density at radius 3 is 2.56 bits per heavy atom. The Hall–Kier alpha value is -4.08. The molecule has 3 aromatic rings. The maximum absolute atomic E-state index is 14.3. The standard InChI is InChI=1S/C29H22ClFN2O3/c30-22-10-6-11-23(31)21(22)16-35-25-12-5-4-9-19(25)27-20(15-32)29(33)36-26-14-18(13-24(34)28(26)27)17-7-2-1-3-8-17/h1-12,18,27H,13-14,16,33H2/t18-,27+/m1/s1. The van der Waals surface area contributed by atoms with Gasteiger partial charge < -0.3 is 15.2 Å². The van der Waals surface area contributed by atoms with Gasteiger partial charge in [0.05, 0.1) is 10.9 Å². The van der Waals surface area contributed by atoms with E-state index in [-0.39, 0.29) is 46.8 Å². The average molecular weight is 501 g/mol. The maximum atomic E-state index is 14.3. The van der Waals surface area contributed by atoms with Gasteiger partial charge in [-0.15, -0.1) is 0 Å². The summed E-state index contributed by atoms with van der Waals surface area (Å²) >= 11 is 6.17. The second kappa shape index (κ2) is 9.88. The maximum Gasteiger partial charge on any atom is 0.205 e. The number of carbonyl (C=O) groups excluding carboxylic acids is 1. The Labute approximate surface area is 213 Å². The third-order valence-corrected chi connectivity index (χ3v) is 6.95. The number of benzene rings is 3. The van der Waals surface area contributed by atoms with E-state index < -0.39 is 11.7 Å². The fourth-order valence-electron chi connectivity index (χ4n) is 4.85. The first kappa shape index (κ1) is 23.7. The van der Waals surface area contributed by atoms with Gasteiger partial charge in [-0.2, -0.15) is 5.26 Å². The van der Waals surface area contributed by atoms with E-state index in [0.29, 0.717) is 29.1 Å². The topological polar surface area (TPSA) is 85.3 Å². The first-order valence-corrected chi connectivity index (χ1v) is 11.9. The van der Waals surface area contributed by atoms with Gasteiger partial charge in [0.25, 0.3) is 0 Å². The molecule has 0 aromatic heterocycles. The molecule has 0 unspecified atom stereocenters. The minimum atomic E-state index is -0.754. The average Bonchev–Trinajstić information content (AvgIpc) is 2.88. The van der Waals surface area contributed by atoms with Gasteiger partial charge in [-0.1, -0.05) is 66.2 Å². The number of hydrogen-bond acceptors (Lipinski definition) is 5. The van der Waals surface area contributed by atoms with E-state index in [9.17, 15) is 14.4 Å². The summed E-state index contributed by atoms with van der Waals surface area (Å²) < 4.78 is 26.2. The number of halogens is 2. The zero-order valence-electron chi connectivity index (χ0n) is 19.2. The van der Waals surface area contributed by atoms with Crippen LogP contribution in [0.5, 0.6) is 5.75 Å². The van der Waals surface area contributed by atoms with Crippen molar-refractivity contribution in [2.45, 2.75) is 31.3 Å². The molecule has 5 nitrogen and oxygen atoms in total. The lowest BCUT2D eigenvalue weighted by atomic mass is 9.73. The van der Waals surface area contributed by atoms with Gasteiger partial charge in [0, 0.05) is 29.5 Å². The highest BCUT2D eigenvalue weighted by atomic mass is 35.5. The summed E-state index contributed by atoms with van der Waals surface area (Å²) in [5.41, 5.74) is 8.57. The molecule has 0 radical (unpaired) electrons. The predicted molar refractivity (Wildman–Crippen MR) is 133 cm³/mol. The number of nitrogens with two attached hydrogens (primary N) is 1. The molecule has 2 aliphatic rings. The number of hydrogen-bond donors (Lipinski definition) is 1. The van der Waals surface area contributed by atoms with Gasteiger partial charge in [-0.3, -0.25) is 4.79 Å². The van der Waals surface area contributed by atoms with E-state index in [1.165, 1.54) is 12.1 Å². The third-order valence-electron chi connectivity index (χ3n) is 6.60. The lowest BCUT2D eigenvalue weighted by molar-refractivity contribution is -0.117. The van der Waals surface area contributed by atoms with Gasteiger partial charge in [0.15, 0.2) is 5.78 Å². The summed E-state index contributed by atoms with van der Waals surface area (Å²) in [6.07, 6.45) is 0.768. The van der Waals surface area contributed by atoms with Crippen molar-refractivity contribution in [3.63, 3.8) is 0 Å². The monoisotopic (exact) mass is 500 g/mol. The van der Waals surface area contributed by atoms with E-state index >= 15 is 0 Å². The van der Waals surface area contributed by atoms with Crippen molar-refractivity contribution in [3.05, 3.63) is 123 Å². The number of Topliss-reactive ketones (excluding diaryl/α,β-unsaturated/α-hetero) is 1. The first-order chi connectivity index (χ1) is 17.5. The molecule has 1 heterocycles. The minimum absolute atomic E-state index is 0.0327. The van der Waals surface area contributed by atoms with Crippen molar-refractivity contribution >= 4 is 17.4 Å². The number of rotatable bonds is 5. The van der Waals surface area contributed by atoms with Gasteiger partial charge >= 0.3 is 0 Å². The smallest absolute Gasteiger partial charge is 0.205 e. The van der Waals surface area contributed by atoms with Crippen LogP contribution in [0.4, 0.5) is 4.39 Å². The van der Waals surface area contributed by atoms with Gasteiger partial charge in [0.1, 0.15) is 35.6 Å². The summed E-state index contributed by atoms with van der Waals surface area (Å²) in [4.78, 5) is 13.5. The lowest BCUT2D eigenvalue weighted by Gasteiger charge is -2.34. The zero-order chi connectivity index (χ0) is 25.2. The van der Waals surface area contributed by atoms with Crippen LogP contribution in [0, 0.1) is 17.1 Å². The molecule has 0 amide bonds. The summed E-state index contributed by atoms with van der Waals surface area (Å²) in [7, 11) is 0. The Balaban J connectivity index is 1.54. The van der Waals surface area contributed by atoms with Crippen LogP contribution >= 0.6 is 11.6 Å². The fraction of sp³-hybridized carbons (Fsp3) is 0.172. The molecule has 180 valence electrons. The quantitative estimate of drug-likeness (QED) is 0.446. The van der Waals surface area contributed by atoms with Crippen LogP contribution in [0.25, 0.3) is 0 Å². The van der Waals surface area contributed by atoms with E-state index in [1.807, 2.05) is 30.3 Å². The largest absolute Gasteiger partial charge is 0.488 e. The van der Waals surface area contributed by atoms with Gasteiger partial charge in [0.2, 0.25) is 5.88 Å². The summed E-state index contributed by atoms with van der Waals surface area (Å²) in [5.74, 6) is -0.563. The van der Waals surface area contributed by atoms with Crippen LogP contribution < -0.4 is 10.5 Å². The summed E-state index contributed by atoms with van der Waals surface area (Å²) in [5, 5.41) is 10.2. The Bertz CT molecular complexity index is 1420. The van der Waals surface area contributed by atoms with E-state index in [0.717, 1.165) is 5.56 Å². The minimum Gasteiger partial charge on any atom is -0.488 e. The number of nitriles is 1. The third kappa shape index (κ3) is 4.34. The second-order valence-corrected chi connectivity index (χ2v) is 9.13.